The third-order valence-corrected chi connectivity index (χ3v) is 4.12. The average molecular weight is 392 g/mol. The molecule has 2 rings (SSSR count). The van der Waals surface area contributed by atoms with Gasteiger partial charge in [0.05, 0.1) is 5.56 Å². The van der Waals surface area contributed by atoms with Crippen LogP contribution in [0.2, 0.25) is 5.02 Å². The number of rotatable bonds is 7. The number of nitrogens with one attached hydrogen (secondary N) is 1. The molecule has 0 heterocycles. The molecule has 0 spiro atoms. The summed E-state index contributed by atoms with van der Waals surface area (Å²) in [7, 11) is 0. The van der Waals surface area contributed by atoms with E-state index in [4.69, 9.17) is 17.3 Å². The van der Waals surface area contributed by atoms with Gasteiger partial charge in [0.25, 0.3) is 5.91 Å². The number of amides is 3. The minimum absolute atomic E-state index is 0.0271. The van der Waals surface area contributed by atoms with Crippen LogP contribution in [-0.4, -0.2) is 35.7 Å². The fraction of sp³-hybridized carbons (Fsp3) is 0.211. The van der Waals surface area contributed by atoms with Crippen molar-refractivity contribution in [2.24, 2.45) is 5.73 Å². The number of hydrogen-bond donors (Lipinski definition) is 2. The van der Waals surface area contributed by atoms with Gasteiger partial charge in [0.15, 0.2) is 0 Å². The van der Waals surface area contributed by atoms with Crippen LogP contribution in [0.15, 0.2) is 42.5 Å². The van der Waals surface area contributed by atoms with E-state index in [9.17, 15) is 18.8 Å². The summed E-state index contributed by atoms with van der Waals surface area (Å²) >= 11 is 5.83. The standard InChI is InChI=1S/C19H19ClFN3O3/c1-2-24(19(27)15-11-13(20)5-8-16(15)21)10-9-17(25)23-14-6-3-12(4-7-14)18(22)26/h3-8,11H,2,9-10H2,1H3,(H2,22,26)(H,23,25). The molecule has 0 bridgehead atoms. The molecule has 0 saturated carbocycles. The van der Waals surface area contributed by atoms with Crippen LogP contribution in [0, 0.1) is 5.82 Å². The van der Waals surface area contributed by atoms with Crippen molar-refractivity contribution in [2.45, 2.75) is 13.3 Å². The molecular formula is C19H19ClFN3O3. The Morgan fingerprint density at radius 1 is 1.15 bits per heavy atom. The zero-order valence-electron chi connectivity index (χ0n) is 14.7. The van der Waals surface area contributed by atoms with Crippen molar-refractivity contribution in [2.75, 3.05) is 18.4 Å². The van der Waals surface area contributed by atoms with Gasteiger partial charge in [-0.05, 0) is 49.4 Å². The number of halogens is 2. The molecule has 2 aromatic carbocycles. The van der Waals surface area contributed by atoms with E-state index in [0.29, 0.717) is 17.8 Å². The Hall–Kier alpha value is -2.93. The van der Waals surface area contributed by atoms with Crippen molar-refractivity contribution in [3.63, 3.8) is 0 Å². The van der Waals surface area contributed by atoms with Gasteiger partial charge in [0, 0.05) is 35.8 Å². The first-order chi connectivity index (χ1) is 12.8. The molecule has 0 aromatic heterocycles. The topological polar surface area (TPSA) is 92.5 Å². The monoisotopic (exact) mass is 391 g/mol. The maximum atomic E-state index is 13.9. The van der Waals surface area contributed by atoms with Gasteiger partial charge in [-0.25, -0.2) is 4.39 Å². The predicted molar refractivity (Wildman–Crippen MR) is 101 cm³/mol. The number of hydrogen-bond acceptors (Lipinski definition) is 3. The molecule has 8 heteroatoms. The summed E-state index contributed by atoms with van der Waals surface area (Å²) in [5.41, 5.74) is 5.86. The summed E-state index contributed by atoms with van der Waals surface area (Å²) in [5, 5.41) is 2.92. The van der Waals surface area contributed by atoms with E-state index in [2.05, 4.69) is 5.32 Å². The molecular weight excluding hydrogens is 373 g/mol. The van der Waals surface area contributed by atoms with E-state index in [1.807, 2.05) is 0 Å². The Bertz CT molecular complexity index is 856. The van der Waals surface area contributed by atoms with E-state index < -0.39 is 17.6 Å². The zero-order chi connectivity index (χ0) is 20.0. The van der Waals surface area contributed by atoms with Crippen LogP contribution in [0.3, 0.4) is 0 Å². The largest absolute Gasteiger partial charge is 0.366 e. The molecule has 3 amide bonds. The smallest absolute Gasteiger partial charge is 0.256 e. The van der Waals surface area contributed by atoms with E-state index in [1.54, 1.807) is 19.1 Å². The lowest BCUT2D eigenvalue weighted by Crippen LogP contribution is -2.34. The molecule has 6 nitrogen and oxygen atoms in total. The number of anilines is 1. The lowest BCUT2D eigenvalue weighted by Gasteiger charge is -2.21. The Balaban J connectivity index is 1.96. The highest BCUT2D eigenvalue weighted by atomic mass is 35.5. The van der Waals surface area contributed by atoms with E-state index in [0.717, 1.165) is 6.07 Å². The van der Waals surface area contributed by atoms with Gasteiger partial charge in [-0.15, -0.1) is 0 Å². The highest BCUT2D eigenvalue weighted by molar-refractivity contribution is 6.31. The van der Waals surface area contributed by atoms with Crippen molar-refractivity contribution in [3.05, 3.63) is 64.4 Å². The van der Waals surface area contributed by atoms with E-state index in [-0.39, 0.29) is 29.5 Å². The molecule has 0 fully saturated rings. The molecule has 27 heavy (non-hydrogen) atoms. The molecule has 2 aromatic rings. The van der Waals surface area contributed by atoms with Gasteiger partial charge < -0.3 is 16.0 Å². The fourth-order valence-electron chi connectivity index (χ4n) is 2.41. The van der Waals surface area contributed by atoms with E-state index in [1.165, 1.54) is 29.2 Å². The van der Waals surface area contributed by atoms with Crippen molar-refractivity contribution in [3.8, 4) is 0 Å². The summed E-state index contributed by atoms with van der Waals surface area (Å²) in [4.78, 5) is 37.0. The highest BCUT2D eigenvalue weighted by Gasteiger charge is 2.19. The Morgan fingerprint density at radius 3 is 2.41 bits per heavy atom. The summed E-state index contributed by atoms with van der Waals surface area (Å²) in [5.74, 6) is -2.07. The number of nitrogens with two attached hydrogens (primary N) is 1. The lowest BCUT2D eigenvalue weighted by molar-refractivity contribution is -0.116. The van der Waals surface area contributed by atoms with Gasteiger partial charge >= 0.3 is 0 Å². The van der Waals surface area contributed by atoms with Crippen LogP contribution in [0.25, 0.3) is 0 Å². The third-order valence-electron chi connectivity index (χ3n) is 3.89. The van der Waals surface area contributed by atoms with Crippen molar-refractivity contribution in [1.82, 2.24) is 4.90 Å². The van der Waals surface area contributed by atoms with Crippen LogP contribution >= 0.6 is 11.6 Å². The summed E-state index contributed by atoms with van der Waals surface area (Å²) in [6.45, 7) is 2.17. The number of primary amides is 1. The number of carbonyl (C=O) groups is 3. The van der Waals surface area contributed by atoms with Crippen LogP contribution < -0.4 is 11.1 Å². The second-order valence-corrected chi connectivity index (χ2v) is 6.19. The number of carbonyl (C=O) groups excluding carboxylic acids is 3. The predicted octanol–water partition coefficient (Wildman–Crippen LogP) is 3.07. The quantitative estimate of drug-likeness (QED) is 0.759. The minimum atomic E-state index is -0.665. The van der Waals surface area contributed by atoms with Crippen LogP contribution in [0.4, 0.5) is 10.1 Å². The minimum Gasteiger partial charge on any atom is -0.366 e. The second kappa shape index (κ2) is 9.14. The third kappa shape index (κ3) is 5.52. The Morgan fingerprint density at radius 2 is 1.81 bits per heavy atom. The van der Waals surface area contributed by atoms with Gasteiger partial charge in [-0.3, -0.25) is 14.4 Å². The lowest BCUT2D eigenvalue weighted by atomic mass is 10.1. The maximum absolute atomic E-state index is 13.9. The zero-order valence-corrected chi connectivity index (χ0v) is 15.4. The van der Waals surface area contributed by atoms with Crippen molar-refractivity contribution >= 4 is 35.0 Å². The average Bonchev–Trinajstić information content (AvgIpc) is 2.64. The van der Waals surface area contributed by atoms with Crippen LogP contribution in [0.1, 0.15) is 34.1 Å². The Kier molecular flexibility index (Phi) is 6.90. The van der Waals surface area contributed by atoms with Crippen LogP contribution in [-0.2, 0) is 4.79 Å². The molecule has 0 saturated heterocycles. The molecule has 0 aliphatic rings. The van der Waals surface area contributed by atoms with E-state index >= 15 is 0 Å². The second-order valence-electron chi connectivity index (χ2n) is 5.75. The molecule has 0 aliphatic heterocycles. The summed E-state index contributed by atoms with van der Waals surface area (Å²) < 4.78 is 13.9. The molecule has 142 valence electrons. The molecule has 0 radical (unpaired) electrons. The fourth-order valence-corrected chi connectivity index (χ4v) is 2.58. The number of benzene rings is 2. The first-order valence-electron chi connectivity index (χ1n) is 8.26. The molecule has 0 unspecified atom stereocenters. The Labute approximate surface area is 161 Å². The molecule has 0 atom stereocenters. The van der Waals surface area contributed by atoms with Crippen molar-refractivity contribution < 1.29 is 18.8 Å². The van der Waals surface area contributed by atoms with Gasteiger partial charge in [0.1, 0.15) is 5.82 Å². The number of nitrogens with zero attached hydrogens (tertiary/aromatic N) is 1. The summed E-state index contributed by atoms with van der Waals surface area (Å²) in [6, 6.07) is 9.88. The first-order valence-corrected chi connectivity index (χ1v) is 8.63. The molecule has 0 aliphatic carbocycles. The highest BCUT2D eigenvalue weighted by Crippen LogP contribution is 2.17. The summed E-state index contributed by atoms with van der Waals surface area (Å²) in [6.07, 6.45) is 0.0271. The maximum Gasteiger partial charge on any atom is 0.256 e. The van der Waals surface area contributed by atoms with Gasteiger partial charge in [0.2, 0.25) is 11.8 Å². The van der Waals surface area contributed by atoms with Crippen molar-refractivity contribution in [1.29, 1.82) is 0 Å². The van der Waals surface area contributed by atoms with Crippen LogP contribution in [0.5, 0.6) is 0 Å². The first kappa shape index (κ1) is 20.4. The van der Waals surface area contributed by atoms with Gasteiger partial charge in [-0.2, -0.15) is 0 Å². The molecule has 3 N–H and O–H groups in total. The SMILES string of the molecule is CCN(CCC(=O)Nc1ccc(C(N)=O)cc1)C(=O)c1cc(Cl)ccc1F. The van der Waals surface area contributed by atoms with Gasteiger partial charge in [-0.1, -0.05) is 11.6 Å². The normalized spacial score (nSPS) is 10.3.